The van der Waals surface area contributed by atoms with Crippen molar-refractivity contribution >= 4 is 35.9 Å². The van der Waals surface area contributed by atoms with Crippen LogP contribution >= 0.6 is 24.0 Å². The lowest BCUT2D eigenvalue weighted by Gasteiger charge is -2.21. The lowest BCUT2D eigenvalue weighted by Crippen LogP contribution is -2.40. The van der Waals surface area contributed by atoms with Crippen molar-refractivity contribution in [2.75, 3.05) is 27.2 Å². The summed E-state index contributed by atoms with van der Waals surface area (Å²) in [6, 6.07) is 9.43. The predicted octanol–water partition coefficient (Wildman–Crippen LogP) is 3.45. The molecule has 1 fully saturated rings. The number of carbonyl (C=O) groups excluding carboxylic acids is 1. The molecule has 1 saturated heterocycles. The van der Waals surface area contributed by atoms with Gasteiger partial charge in [-0.15, -0.1) is 24.0 Å². The van der Waals surface area contributed by atoms with Crippen LogP contribution in [0.1, 0.15) is 12.5 Å². The topological polar surface area (TPSA) is 76.1 Å². The highest BCUT2D eigenvalue weighted by molar-refractivity contribution is 14.0. The van der Waals surface area contributed by atoms with E-state index < -0.39 is 0 Å². The van der Waals surface area contributed by atoms with Gasteiger partial charge >= 0.3 is 5.97 Å². The Morgan fingerprint density at radius 2 is 2.00 bits per heavy atom. The maximum absolute atomic E-state index is 13.0. The van der Waals surface area contributed by atoms with Gasteiger partial charge in [0.1, 0.15) is 11.6 Å². The van der Waals surface area contributed by atoms with E-state index in [0.29, 0.717) is 24.7 Å². The van der Waals surface area contributed by atoms with Crippen LogP contribution in [0.4, 0.5) is 4.39 Å². The molecule has 30 heavy (non-hydrogen) atoms. The Bertz CT molecular complexity index is 862. The van der Waals surface area contributed by atoms with Crippen LogP contribution in [0.25, 0.3) is 0 Å². The van der Waals surface area contributed by atoms with Crippen LogP contribution in [0.2, 0.25) is 0 Å². The molecule has 2 heterocycles. The molecular formula is C21H26FIN4O3. The fraction of sp³-hybridized carbons (Fsp3) is 0.381. The summed E-state index contributed by atoms with van der Waals surface area (Å²) in [6.45, 7) is 3.89. The van der Waals surface area contributed by atoms with Crippen LogP contribution in [0, 0.1) is 17.7 Å². The van der Waals surface area contributed by atoms with Gasteiger partial charge in [-0.2, -0.15) is 0 Å². The highest BCUT2D eigenvalue weighted by Gasteiger charge is 2.36. The maximum atomic E-state index is 13.0. The van der Waals surface area contributed by atoms with Crippen LogP contribution in [0.3, 0.4) is 0 Å². The minimum Gasteiger partial charge on any atom is -0.469 e. The number of methoxy groups -OCH3 is 1. The summed E-state index contributed by atoms with van der Waals surface area (Å²) in [5.74, 6) is 1.23. The number of aromatic nitrogens is 1. The number of pyridine rings is 1. The normalized spacial score (nSPS) is 18.5. The predicted molar refractivity (Wildman–Crippen MR) is 123 cm³/mol. The first-order chi connectivity index (χ1) is 14.0. The molecule has 1 N–H and O–H groups in total. The highest BCUT2D eigenvalue weighted by Crippen LogP contribution is 2.24. The molecule has 1 aliphatic heterocycles. The minimum absolute atomic E-state index is 0. The summed E-state index contributed by atoms with van der Waals surface area (Å²) < 4.78 is 23.4. The van der Waals surface area contributed by atoms with Gasteiger partial charge in [0.25, 0.3) is 0 Å². The molecule has 0 amide bonds. The third-order valence-corrected chi connectivity index (χ3v) is 4.91. The zero-order valence-corrected chi connectivity index (χ0v) is 19.5. The summed E-state index contributed by atoms with van der Waals surface area (Å²) >= 11 is 0. The van der Waals surface area contributed by atoms with E-state index in [4.69, 9.17) is 9.47 Å². The zero-order valence-electron chi connectivity index (χ0n) is 17.2. The van der Waals surface area contributed by atoms with Crippen molar-refractivity contribution in [1.29, 1.82) is 0 Å². The molecule has 2 unspecified atom stereocenters. The van der Waals surface area contributed by atoms with Gasteiger partial charge < -0.3 is 19.7 Å². The molecule has 1 aliphatic rings. The first kappa shape index (κ1) is 23.8. The van der Waals surface area contributed by atoms with Crippen LogP contribution in [0.15, 0.2) is 47.6 Å². The quantitative estimate of drug-likeness (QED) is 0.278. The van der Waals surface area contributed by atoms with Crippen molar-refractivity contribution in [2.24, 2.45) is 16.8 Å². The smallest absolute Gasteiger partial charge is 0.310 e. The number of halogens is 2. The van der Waals surface area contributed by atoms with Crippen molar-refractivity contribution in [3.63, 3.8) is 0 Å². The molecule has 3 rings (SSSR count). The number of nitrogens with zero attached hydrogens (tertiary/aromatic N) is 3. The van der Waals surface area contributed by atoms with Gasteiger partial charge in [0, 0.05) is 38.9 Å². The maximum Gasteiger partial charge on any atom is 0.310 e. The first-order valence-electron chi connectivity index (χ1n) is 9.42. The number of nitrogens with one attached hydrogen (secondary N) is 1. The van der Waals surface area contributed by atoms with Crippen molar-refractivity contribution in [3.05, 3.63) is 54.0 Å². The Balaban J connectivity index is 0.00000320. The molecule has 0 radical (unpaired) electrons. The molecule has 0 bridgehead atoms. The van der Waals surface area contributed by atoms with Crippen molar-refractivity contribution in [1.82, 2.24) is 15.2 Å². The zero-order chi connectivity index (χ0) is 20.8. The van der Waals surface area contributed by atoms with E-state index >= 15 is 0 Å². The Morgan fingerprint density at radius 3 is 2.60 bits per heavy atom. The van der Waals surface area contributed by atoms with Crippen LogP contribution in [-0.4, -0.2) is 49.1 Å². The molecule has 0 spiro atoms. The molecule has 0 saturated carbocycles. The van der Waals surface area contributed by atoms with E-state index in [9.17, 15) is 9.18 Å². The summed E-state index contributed by atoms with van der Waals surface area (Å²) in [5, 5.41) is 3.30. The summed E-state index contributed by atoms with van der Waals surface area (Å²) in [7, 11) is 3.14. The number of ether oxygens (including phenoxy) is 2. The summed E-state index contributed by atoms with van der Waals surface area (Å²) in [4.78, 5) is 22.6. The number of rotatable bonds is 5. The Labute approximate surface area is 192 Å². The second-order valence-corrected chi connectivity index (χ2v) is 6.97. The third kappa shape index (κ3) is 6.04. The second kappa shape index (κ2) is 11.1. The highest BCUT2D eigenvalue weighted by atomic mass is 127. The van der Waals surface area contributed by atoms with Gasteiger partial charge in [0.05, 0.1) is 13.0 Å². The standard InChI is InChI=1S/C21H25FN4O3.HI/c1-14-12-26(13-18(14)20(27)28-3)21(23-2)25-11-15-4-9-19(24-10-15)29-17-7-5-16(22)6-8-17;/h4-10,14,18H,11-13H2,1-3H3,(H,23,25);1H. The van der Waals surface area contributed by atoms with Crippen molar-refractivity contribution in [2.45, 2.75) is 13.5 Å². The van der Waals surface area contributed by atoms with Crippen LogP contribution in [0.5, 0.6) is 11.6 Å². The number of hydrogen-bond acceptors (Lipinski definition) is 5. The van der Waals surface area contributed by atoms with Gasteiger partial charge in [-0.05, 0) is 35.7 Å². The van der Waals surface area contributed by atoms with E-state index in [-0.39, 0.29) is 47.6 Å². The van der Waals surface area contributed by atoms with Gasteiger partial charge in [-0.3, -0.25) is 9.79 Å². The lowest BCUT2D eigenvalue weighted by atomic mass is 9.99. The molecule has 9 heteroatoms. The molecular weight excluding hydrogens is 502 g/mol. The lowest BCUT2D eigenvalue weighted by molar-refractivity contribution is -0.145. The fourth-order valence-electron chi connectivity index (χ4n) is 3.31. The molecule has 1 aromatic heterocycles. The van der Waals surface area contributed by atoms with Crippen LogP contribution in [-0.2, 0) is 16.1 Å². The number of guanidine groups is 1. The average molecular weight is 528 g/mol. The minimum atomic E-state index is -0.314. The largest absolute Gasteiger partial charge is 0.469 e. The van der Waals surface area contributed by atoms with Crippen molar-refractivity contribution in [3.8, 4) is 11.6 Å². The number of likely N-dealkylation sites (tertiary alicyclic amines) is 1. The average Bonchev–Trinajstić information content (AvgIpc) is 3.12. The number of aliphatic imine (C=N–C) groups is 1. The third-order valence-electron chi connectivity index (χ3n) is 4.91. The van der Waals surface area contributed by atoms with E-state index in [1.54, 1.807) is 31.4 Å². The van der Waals surface area contributed by atoms with E-state index in [1.165, 1.54) is 19.2 Å². The van der Waals surface area contributed by atoms with E-state index in [0.717, 1.165) is 18.1 Å². The molecule has 2 atom stereocenters. The summed E-state index contributed by atoms with van der Waals surface area (Å²) in [6.07, 6.45) is 1.71. The number of benzene rings is 1. The Kier molecular flexibility index (Phi) is 8.82. The summed E-state index contributed by atoms with van der Waals surface area (Å²) in [5.41, 5.74) is 0.953. The second-order valence-electron chi connectivity index (χ2n) is 6.97. The fourth-order valence-corrected chi connectivity index (χ4v) is 3.31. The molecule has 2 aromatic rings. The van der Waals surface area contributed by atoms with Gasteiger partial charge in [-0.25, -0.2) is 9.37 Å². The first-order valence-corrected chi connectivity index (χ1v) is 9.42. The van der Waals surface area contributed by atoms with Crippen LogP contribution < -0.4 is 10.1 Å². The number of hydrogen-bond donors (Lipinski definition) is 1. The molecule has 1 aromatic carbocycles. The number of esters is 1. The Hall–Kier alpha value is -2.43. The van der Waals surface area contributed by atoms with Gasteiger partial charge in [0.15, 0.2) is 5.96 Å². The number of carbonyl (C=O) groups is 1. The molecule has 0 aliphatic carbocycles. The SMILES string of the molecule is CN=C(NCc1ccc(Oc2ccc(F)cc2)nc1)N1CC(C)C(C(=O)OC)C1.I. The van der Waals surface area contributed by atoms with E-state index in [2.05, 4.69) is 20.2 Å². The Morgan fingerprint density at radius 1 is 1.27 bits per heavy atom. The monoisotopic (exact) mass is 528 g/mol. The van der Waals surface area contributed by atoms with Crippen molar-refractivity contribution < 1.29 is 18.7 Å². The molecule has 7 nitrogen and oxygen atoms in total. The van der Waals surface area contributed by atoms with Gasteiger partial charge in [0.2, 0.25) is 5.88 Å². The molecule has 162 valence electrons. The van der Waals surface area contributed by atoms with E-state index in [1.807, 2.05) is 13.0 Å². The van der Waals surface area contributed by atoms with Gasteiger partial charge in [-0.1, -0.05) is 13.0 Å².